The summed E-state index contributed by atoms with van der Waals surface area (Å²) in [5, 5.41) is 2.65. The number of benzene rings is 1. The van der Waals surface area contributed by atoms with E-state index in [4.69, 9.17) is 0 Å². The van der Waals surface area contributed by atoms with Crippen LogP contribution in [-0.2, 0) is 0 Å². The highest BCUT2D eigenvalue weighted by Crippen LogP contribution is 2.16. The Labute approximate surface area is 112 Å². The molecule has 0 aliphatic carbocycles. The van der Waals surface area contributed by atoms with Crippen molar-refractivity contribution in [3.63, 3.8) is 0 Å². The maximum absolute atomic E-state index is 12.6. The number of nitrogens with zero attached hydrogens (tertiary/aromatic N) is 1. The largest absolute Gasteiger partial charge is 0.321 e. The molecule has 0 atom stereocenters. The standard InChI is InChI=1S/C13H10BrFN2O/c1-8-4-9(6-10(14)5-8)13(18)17-11-2-3-12(15)16-7-11/h2-7H,1H3,(H,17,18). The van der Waals surface area contributed by atoms with Crippen molar-refractivity contribution in [1.29, 1.82) is 0 Å². The first kappa shape index (κ1) is 12.7. The third kappa shape index (κ3) is 3.13. The molecule has 0 aliphatic heterocycles. The van der Waals surface area contributed by atoms with Gasteiger partial charge < -0.3 is 5.32 Å². The van der Waals surface area contributed by atoms with Crippen LogP contribution in [0.25, 0.3) is 0 Å². The maximum Gasteiger partial charge on any atom is 0.255 e. The number of hydrogen-bond acceptors (Lipinski definition) is 2. The third-order valence-corrected chi connectivity index (χ3v) is 2.75. The molecule has 18 heavy (non-hydrogen) atoms. The minimum absolute atomic E-state index is 0.257. The highest BCUT2D eigenvalue weighted by molar-refractivity contribution is 9.10. The van der Waals surface area contributed by atoms with Crippen LogP contribution in [0.3, 0.4) is 0 Å². The van der Waals surface area contributed by atoms with Crippen LogP contribution in [0.15, 0.2) is 41.0 Å². The van der Waals surface area contributed by atoms with E-state index in [0.29, 0.717) is 11.3 Å². The second kappa shape index (κ2) is 5.27. The van der Waals surface area contributed by atoms with Crippen molar-refractivity contribution in [2.24, 2.45) is 0 Å². The summed E-state index contributed by atoms with van der Waals surface area (Å²) < 4.78 is 13.5. The number of nitrogens with one attached hydrogen (secondary N) is 1. The van der Waals surface area contributed by atoms with Crippen LogP contribution in [0.2, 0.25) is 0 Å². The van der Waals surface area contributed by atoms with Gasteiger partial charge in [-0.15, -0.1) is 0 Å². The fourth-order valence-electron chi connectivity index (χ4n) is 1.52. The molecule has 0 aliphatic rings. The lowest BCUT2D eigenvalue weighted by Gasteiger charge is -2.06. The zero-order chi connectivity index (χ0) is 13.1. The summed E-state index contributed by atoms with van der Waals surface area (Å²) in [6, 6.07) is 8.07. The first-order valence-corrected chi connectivity index (χ1v) is 6.04. The van der Waals surface area contributed by atoms with E-state index in [9.17, 15) is 9.18 Å². The third-order valence-electron chi connectivity index (χ3n) is 2.29. The predicted octanol–water partition coefficient (Wildman–Crippen LogP) is 3.54. The van der Waals surface area contributed by atoms with Crippen LogP contribution in [0.1, 0.15) is 15.9 Å². The normalized spacial score (nSPS) is 10.2. The highest BCUT2D eigenvalue weighted by Gasteiger charge is 2.07. The number of aryl methyl sites for hydroxylation is 1. The lowest BCUT2D eigenvalue weighted by atomic mass is 10.1. The molecule has 3 nitrogen and oxygen atoms in total. The van der Waals surface area contributed by atoms with Crippen molar-refractivity contribution < 1.29 is 9.18 Å². The fraction of sp³-hybridized carbons (Fsp3) is 0.0769. The Morgan fingerprint density at radius 1 is 1.33 bits per heavy atom. The quantitative estimate of drug-likeness (QED) is 0.862. The van der Waals surface area contributed by atoms with Gasteiger partial charge in [0.15, 0.2) is 0 Å². The van der Waals surface area contributed by atoms with E-state index < -0.39 is 5.95 Å². The molecule has 5 heteroatoms. The number of anilines is 1. The van der Waals surface area contributed by atoms with Gasteiger partial charge in [-0.25, -0.2) is 4.98 Å². The number of halogens is 2. The molecule has 0 fully saturated rings. The summed E-state index contributed by atoms with van der Waals surface area (Å²) in [5.74, 6) is -0.834. The summed E-state index contributed by atoms with van der Waals surface area (Å²) in [7, 11) is 0. The number of carbonyl (C=O) groups excluding carboxylic acids is 1. The lowest BCUT2D eigenvalue weighted by molar-refractivity contribution is 0.102. The molecule has 1 N–H and O–H groups in total. The monoisotopic (exact) mass is 308 g/mol. The molecular weight excluding hydrogens is 299 g/mol. The second-order valence-corrected chi connectivity index (χ2v) is 4.76. The van der Waals surface area contributed by atoms with Gasteiger partial charge in [-0.1, -0.05) is 15.9 Å². The Hall–Kier alpha value is -1.75. The molecule has 0 saturated carbocycles. The van der Waals surface area contributed by atoms with Crippen molar-refractivity contribution in [2.45, 2.75) is 6.92 Å². The minimum Gasteiger partial charge on any atom is -0.321 e. The van der Waals surface area contributed by atoms with Crippen LogP contribution >= 0.6 is 15.9 Å². The van der Waals surface area contributed by atoms with Crippen LogP contribution < -0.4 is 5.32 Å². The van der Waals surface area contributed by atoms with Gasteiger partial charge in [0.25, 0.3) is 5.91 Å². The smallest absolute Gasteiger partial charge is 0.255 e. The van der Waals surface area contributed by atoms with Crippen molar-refractivity contribution >= 4 is 27.5 Å². The molecule has 0 spiro atoms. The zero-order valence-corrected chi connectivity index (χ0v) is 11.2. The Bertz CT molecular complexity index is 564. The SMILES string of the molecule is Cc1cc(Br)cc(C(=O)Nc2ccc(F)nc2)c1. The van der Waals surface area contributed by atoms with Gasteiger partial charge in [-0.2, -0.15) is 4.39 Å². The van der Waals surface area contributed by atoms with Gasteiger partial charge in [0.05, 0.1) is 11.9 Å². The van der Waals surface area contributed by atoms with Gasteiger partial charge in [-0.05, 0) is 42.8 Å². The fourth-order valence-corrected chi connectivity index (χ4v) is 2.13. The summed E-state index contributed by atoms with van der Waals surface area (Å²) in [5.41, 5.74) is 1.97. The average Bonchev–Trinajstić information content (AvgIpc) is 2.31. The maximum atomic E-state index is 12.6. The number of rotatable bonds is 2. The topological polar surface area (TPSA) is 42.0 Å². The molecule has 0 bridgehead atoms. The number of pyridine rings is 1. The van der Waals surface area contributed by atoms with Crippen molar-refractivity contribution in [1.82, 2.24) is 4.98 Å². The zero-order valence-electron chi connectivity index (χ0n) is 9.58. The van der Waals surface area contributed by atoms with Crippen molar-refractivity contribution in [2.75, 3.05) is 5.32 Å². The van der Waals surface area contributed by atoms with E-state index in [1.165, 1.54) is 18.3 Å². The molecule has 0 unspecified atom stereocenters. The Morgan fingerprint density at radius 2 is 2.11 bits per heavy atom. The molecule has 92 valence electrons. The van der Waals surface area contributed by atoms with E-state index in [1.807, 2.05) is 13.0 Å². The molecule has 0 radical (unpaired) electrons. The first-order valence-electron chi connectivity index (χ1n) is 5.25. The van der Waals surface area contributed by atoms with Crippen LogP contribution in [0.5, 0.6) is 0 Å². The summed E-state index contributed by atoms with van der Waals surface area (Å²) >= 11 is 3.33. The molecule has 1 aromatic carbocycles. The predicted molar refractivity (Wildman–Crippen MR) is 71.0 cm³/mol. The van der Waals surface area contributed by atoms with Crippen LogP contribution in [0, 0.1) is 12.9 Å². The molecule has 2 aromatic rings. The van der Waals surface area contributed by atoms with Gasteiger partial charge in [0.1, 0.15) is 0 Å². The van der Waals surface area contributed by atoms with Crippen molar-refractivity contribution in [3.05, 3.63) is 58.1 Å². The Kier molecular flexibility index (Phi) is 3.72. The van der Waals surface area contributed by atoms with E-state index in [2.05, 4.69) is 26.2 Å². The highest BCUT2D eigenvalue weighted by atomic mass is 79.9. The van der Waals surface area contributed by atoms with Crippen LogP contribution in [-0.4, -0.2) is 10.9 Å². The second-order valence-electron chi connectivity index (χ2n) is 3.84. The molecule has 0 saturated heterocycles. The van der Waals surface area contributed by atoms with Crippen molar-refractivity contribution in [3.8, 4) is 0 Å². The molecule has 1 aromatic heterocycles. The number of aromatic nitrogens is 1. The molecular formula is C13H10BrFN2O. The molecule has 1 amide bonds. The van der Waals surface area contributed by atoms with E-state index in [1.54, 1.807) is 12.1 Å². The van der Waals surface area contributed by atoms with Gasteiger partial charge in [0.2, 0.25) is 5.95 Å². The molecule has 1 heterocycles. The van der Waals surface area contributed by atoms with Gasteiger partial charge in [0, 0.05) is 10.0 Å². The Morgan fingerprint density at radius 3 is 2.72 bits per heavy atom. The summed E-state index contributed by atoms with van der Waals surface area (Å²) in [6.07, 6.45) is 1.28. The average molecular weight is 309 g/mol. The van der Waals surface area contributed by atoms with E-state index in [0.717, 1.165) is 10.0 Å². The van der Waals surface area contributed by atoms with Crippen LogP contribution in [0.4, 0.5) is 10.1 Å². The number of amides is 1. The first-order chi connectivity index (χ1) is 8.54. The summed E-state index contributed by atoms with van der Waals surface area (Å²) in [4.78, 5) is 15.4. The number of hydrogen-bond donors (Lipinski definition) is 1. The number of carbonyl (C=O) groups is 1. The minimum atomic E-state index is -0.578. The lowest BCUT2D eigenvalue weighted by Crippen LogP contribution is -2.12. The Balaban J connectivity index is 2.19. The van der Waals surface area contributed by atoms with Gasteiger partial charge >= 0.3 is 0 Å². The van der Waals surface area contributed by atoms with Gasteiger partial charge in [-0.3, -0.25) is 4.79 Å². The molecule has 2 rings (SSSR count). The van der Waals surface area contributed by atoms with E-state index >= 15 is 0 Å². The van der Waals surface area contributed by atoms with E-state index in [-0.39, 0.29) is 5.91 Å². The summed E-state index contributed by atoms with van der Waals surface area (Å²) in [6.45, 7) is 1.90.